The van der Waals surface area contributed by atoms with Crippen LogP contribution in [0, 0.1) is 17.0 Å². The minimum absolute atomic E-state index is 0.00113. The molecule has 0 amide bonds. The van der Waals surface area contributed by atoms with Crippen LogP contribution in [-0.2, 0) is 6.42 Å². The lowest BCUT2D eigenvalue weighted by molar-refractivity contribution is 0.159. The predicted octanol–water partition coefficient (Wildman–Crippen LogP) is 2.59. The highest BCUT2D eigenvalue weighted by atomic mass is 19.2. The number of aliphatic hydroxyl groups excluding tert-OH is 1. The molecule has 0 aliphatic rings. The SMILES string of the molecule is CN(C)c1c(CC(C)(C)CO)ccc(F)c1F. The van der Waals surface area contributed by atoms with Crippen molar-refractivity contribution >= 4 is 5.69 Å². The highest BCUT2D eigenvalue weighted by molar-refractivity contribution is 5.54. The molecule has 0 aromatic heterocycles. The molecule has 1 aromatic rings. The molecular formula is C13H19F2NO. The van der Waals surface area contributed by atoms with Gasteiger partial charge in [-0.15, -0.1) is 0 Å². The summed E-state index contributed by atoms with van der Waals surface area (Å²) in [6.07, 6.45) is 0.494. The Balaban J connectivity index is 3.20. The maximum Gasteiger partial charge on any atom is 0.182 e. The zero-order valence-electron chi connectivity index (χ0n) is 10.7. The Morgan fingerprint density at radius 2 is 1.82 bits per heavy atom. The number of hydrogen-bond acceptors (Lipinski definition) is 2. The van der Waals surface area contributed by atoms with Crippen molar-refractivity contribution < 1.29 is 13.9 Å². The molecule has 0 saturated heterocycles. The average Bonchev–Trinajstić information content (AvgIpc) is 2.23. The summed E-state index contributed by atoms with van der Waals surface area (Å²) in [4.78, 5) is 1.56. The average molecular weight is 243 g/mol. The molecule has 1 N–H and O–H groups in total. The van der Waals surface area contributed by atoms with Crippen molar-refractivity contribution in [1.29, 1.82) is 0 Å². The molecule has 2 nitrogen and oxygen atoms in total. The van der Waals surface area contributed by atoms with Gasteiger partial charge in [-0.2, -0.15) is 0 Å². The topological polar surface area (TPSA) is 23.5 Å². The molecule has 0 saturated carbocycles. The molecule has 0 aliphatic carbocycles. The van der Waals surface area contributed by atoms with Gasteiger partial charge in [-0.3, -0.25) is 0 Å². The summed E-state index contributed by atoms with van der Waals surface area (Å²) in [6.45, 7) is 3.76. The first-order valence-corrected chi connectivity index (χ1v) is 5.53. The van der Waals surface area contributed by atoms with E-state index in [1.54, 1.807) is 25.1 Å². The summed E-state index contributed by atoms with van der Waals surface area (Å²) in [7, 11) is 3.35. The van der Waals surface area contributed by atoms with Crippen molar-refractivity contribution in [2.24, 2.45) is 5.41 Å². The molecule has 17 heavy (non-hydrogen) atoms. The fourth-order valence-corrected chi connectivity index (χ4v) is 1.78. The van der Waals surface area contributed by atoms with Crippen LogP contribution in [0.3, 0.4) is 0 Å². The van der Waals surface area contributed by atoms with E-state index in [-0.39, 0.29) is 17.7 Å². The molecule has 0 bridgehead atoms. The molecule has 4 heteroatoms. The molecule has 0 atom stereocenters. The molecule has 0 radical (unpaired) electrons. The van der Waals surface area contributed by atoms with Crippen LogP contribution in [0.15, 0.2) is 12.1 Å². The van der Waals surface area contributed by atoms with Crippen molar-refractivity contribution in [2.75, 3.05) is 25.6 Å². The number of hydrogen-bond donors (Lipinski definition) is 1. The Bertz CT molecular complexity index is 403. The normalized spacial score (nSPS) is 11.7. The van der Waals surface area contributed by atoms with Crippen LogP contribution in [0.1, 0.15) is 19.4 Å². The van der Waals surface area contributed by atoms with E-state index in [2.05, 4.69) is 0 Å². The third-order valence-corrected chi connectivity index (χ3v) is 2.70. The van der Waals surface area contributed by atoms with Crippen LogP contribution in [-0.4, -0.2) is 25.8 Å². The second kappa shape index (κ2) is 5.00. The molecular weight excluding hydrogens is 224 g/mol. The monoisotopic (exact) mass is 243 g/mol. The minimum Gasteiger partial charge on any atom is -0.396 e. The maximum atomic E-state index is 13.7. The zero-order chi connectivity index (χ0) is 13.2. The van der Waals surface area contributed by atoms with Crippen molar-refractivity contribution in [1.82, 2.24) is 0 Å². The largest absolute Gasteiger partial charge is 0.396 e. The van der Waals surface area contributed by atoms with E-state index in [1.165, 1.54) is 0 Å². The van der Waals surface area contributed by atoms with Crippen molar-refractivity contribution in [3.05, 3.63) is 29.3 Å². The molecule has 1 rings (SSSR count). The van der Waals surface area contributed by atoms with Gasteiger partial charge < -0.3 is 10.0 Å². The Kier molecular flexibility index (Phi) is 4.09. The third-order valence-electron chi connectivity index (χ3n) is 2.70. The van der Waals surface area contributed by atoms with Crippen LogP contribution >= 0.6 is 0 Å². The molecule has 0 heterocycles. The lowest BCUT2D eigenvalue weighted by Gasteiger charge is -2.25. The van der Waals surface area contributed by atoms with Gasteiger partial charge in [0.2, 0.25) is 0 Å². The van der Waals surface area contributed by atoms with Crippen molar-refractivity contribution in [2.45, 2.75) is 20.3 Å². The summed E-state index contributed by atoms with van der Waals surface area (Å²) in [5, 5.41) is 9.23. The first-order valence-electron chi connectivity index (χ1n) is 5.53. The standard InChI is InChI=1S/C13H19F2NO/c1-13(2,8-17)7-9-5-6-10(14)11(15)12(9)16(3)4/h5-6,17H,7-8H2,1-4H3. The number of rotatable bonds is 4. The Hall–Kier alpha value is -1.16. The Morgan fingerprint density at radius 1 is 1.24 bits per heavy atom. The molecule has 0 aliphatic heterocycles. The van der Waals surface area contributed by atoms with Gasteiger partial charge >= 0.3 is 0 Å². The number of halogens is 2. The first-order chi connectivity index (χ1) is 7.78. The lowest BCUT2D eigenvalue weighted by Crippen LogP contribution is -2.22. The van der Waals surface area contributed by atoms with E-state index in [1.807, 2.05) is 13.8 Å². The zero-order valence-corrected chi connectivity index (χ0v) is 10.7. The van der Waals surface area contributed by atoms with Crippen LogP contribution < -0.4 is 4.90 Å². The summed E-state index contributed by atoms with van der Waals surface area (Å²) >= 11 is 0. The van der Waals surface area contributed by atoms with E-state index in [4.69, 9.17) is 0 Å². The summed E-state index contributed by atoms with van der Waals surface area (Å²) in [6, 6.07) is 2.70. The van der Waals surface area contributed by atoms with Gasteiger partial charge in [-0.25, -0.2) is 8.78 Å². The second-order valence-corrected chi connectivity index (χ2v) is 5.26. The van der Waals surface area contributed by atoms with Gasteiger partial charge in [-0.05, 0) is 23.5 Å². The lowest BCUT2D eigenvalue weighted by atomic mass is 9.86. The quantitative estimate of drug-likeness (QED) is 0.878. The highest BCUT2D eigenvalue weighted by Crippen LogP contribution is 2.30. The van der Waals surface area contributed by atoms with Gasteiger partial charge in [0.05, 0.1) is 5.69 Å². The summed E-state index contributed by atoms with van der Waals surface area (Å²) < 4.78 is 26.9. The van der Waals surface area contributed by atoms with E-state index in [9.17, 15) is 13.9 Å². The van der Waals surface area contributed by atoms with Gasteiger partial charge in [0.1, 0.15) is 0 Å². The molecule has 0 spiro atoms. The van der Waals surface area contributed by atoms with E-state index >= 15 is 0 Å². The maximum absolute atomic E-state index is 13.7. The van der Waals surface area contributed by atoms with Crippen LogP contribution in [0.5, 0.6) is 0 Å². The van der Waals surface area contributed by atoms with Crippen molar-refractivity contribution in [3.63, 3.8) is 0 Å². The highest BCUT2D eigenvalue weighted by Gasteiger charge is 2.22. The smallest absolute Gasteiger partial charge is 0.182 e. The minimum atomic E-state index is -0.848. The number of aliphatic hydroxyl groups is 1. The van der Waals surface area contributed by atoms with Gasteiger partial charge in [0.25, 0.3) is 0 Å². The second-order valence-electron chi connectivity index (χ2n) is 5.26. The van der Waals surface area contributed by atoms with E-state index in [0.717, 1.165) is 6.07 Å². The summed E-state index contributed by atoms with van der Waals surface area (Å²) in [5.41, 5.74) is 0.606. The van der Waals surface area contributed by atoms with E-state index in [0.29, 0.717) is 12.0 Å². The van der Waals surface area contributed by atoms with Crippen LogP contribution in [0.4, 0.5) is 14.5 Å². The number of benzene rings is 1. The number of nitrogens with zero attached hydrogens (tertiary/aromatic N) is 1. The van der Waals surface area contributed by atoms with Crippen LogP contribution in [0.25, 0.3) is 0 Å². The van der Waals surface area contributed by atoms with Gasteiger partial charge in [0.15, 0.2) is 11.6 Å². The summed E-state index contributed by atoms with van der Waals surface area (Å²) in [5.74, 6) is -1.68. The van der Waals surface area contributed by atoms with E-state index < -0.39 is 11.6 Å². The third kappa shape index (κ3) is 3.16. The fourth-order valence-electron chi connectivity index (χ4n) is 1.78. The first kappa shape index (κ1) is 13.9. The van der Waals surface area contributed by atoms with Gasteiger partial charge in [0, 0.05) is 20.7 Å². The predicted molar refractivity (Wildman–Crippen MR) is 65.3 cm³/mol. The fraction of sp³-hybridized carbons (Fsp3) is 0.538. The Labute approximate surface area is 101 Å². The molecule has 96 valence electrons. The van der Waals surface area contributed by atoms with Crippen molar-refractivity contribution in [3.8, 4) is 0 Å². The van der Waals surface area contributed by atoms with Crippen LogP contribution in [0.2, 0.25) is 0 Å². The molecule has 0 fully saturated rings. The molecule has 0 unspecified atom stereocenters. The molecule has 1 aromatic carbocycles. The number of anilines is 1. The Morgan fingerprint density at radius 3 is 2.29 bits per heavy atom. The van der Waals surface area contributed by atoms with Gasteiger partial charge in [-0.1, -0.05) is 19.9 Å².